The summed E-state index contributed by atoms with van der Waals surface area (Å²) in [6.45, 7) is 3.17. The zero-order chi connectivity index (χ0) is 19.7. The Bertz CT molecular complexity index is 851. The molecule has 28 heavy (non-hydrogen) atoms. The van der Waals surface area contributed by atoms with Crippen molar-refractivity contribution in [3.8, 4) is 5.75 Å². The lowest BCUT2D eigenvalue weighted by atomic mass is 9.98. The van der Waals surface area contributed by atoms with Gasteiger partial charge in [0, 0.05) is 37.8 Å². The number of hydrogen-bond donors (Lipinski definition) is 0. The first-order valence-corrected chi connectivity index (χ1v) is 9.35. The molecule has 1 saturated heterocycles. The summed E-state index contributed by atoms with van der Waals surface area (Å²) in [5.74, 6) is -0.478. The highest BCUT2D eigenvalue weighted by atomic mass is 19.4. The van der Waals surface area contributed by atoms with Gasteiger partial charge < -0.3 is 9.64 Å². The van der Waals surface area contributed by atoms with Gasteiger partial charge in [0.25, 0.3) is 5.91 Å². The Morgan fingerprint density at radius 2 is 1.71 bits per heavy atom. The van der Waals surface area contributed by atoms with E-state index >= 15 is 0 Å². The van der Waals surface area contributed by atoms with Crippen molar-refractivity contribution in [3.63, 3.8) is 0 Å². The third kappa shape index (κ3) is 4.14. The van der Waals surface area contributed by atoms with Gasteiger partial charge in [-0.25, -0.2) is 0 Å². The summed E-state index contributed by atoms with van der Waals surface area (Å²) < 4.78 is 40.6. The van der Waals surface area contributed by atoms with Gasteiger partial charge in [0.2, 0.25) is 0 Å². The average molecular weight is 390 g/mol. The Morgan fingerprint density at radius 3 is 2.43 bits per heavy atom. The topological polar surface area (TPSA) is 32.8 Å². The number of carbonyl (C=O) groups is 1. The summed E-state index contributed by atoms with van der Waals surface area (Å²) >= 11 is 0. The van der Waals surface area contributed by atoms with Crippen molar-refractivity contribution in [2.24, 2.45) is 0 Å². The summed E-state index contributed by atoms with van der Waals surface area (Å²) in [6, 6.07) is 13.9. The molecule has 0 aromatic heterocycles. The van der Waals surface area contributed by atoms with Gasteiger partial charge in [0.05, 0.1) is 0 Å². The van der Waals surface area contributed by atoms with Gasteiger partial charge in [-0.05, 0) is 48.2 Å². The molecule has 1 amide bonds. The van der Waals surface area contributed by atoms with Gasteiger partial charge >= 0.3 is 6.36 Å². The van der Waals surface area contributed by atoms with E-state index in [0.717, 1.165) is 25.9 Å². The minimum absolute atomic E-state index is 0.154. The van der Waals surface area contributed by atoms with E-state index < -0.39 is 6.36 Å². The molecule has 2 aromatic carbocycles. The highest BCUT2D eigenvalue weighted by Gasteiger charge is 2.33. The van der Waals surface area contributed by atoms with Crippen molar-refractivity contribution < 1.29 is 22.7 Å². The summed E-state index contributed by atoms with van der Waals surface area (Å²) in [7, 11) is 0. The maximum atomic E-state index is 12.7. The number of nitrogens with zero attached hydrogens (tertiary/aromatic N) is 2. The summed E-state index contributed by atoms with van der Waals surface area (Å²) in [6.07, 6.45) is -2.81. The fraction of sp³-hybridized carbons (Fsp3) is 0.381. The van der Waals surface area contributed by atoms with E-state index in [1.54, 1.807) is 4.90 Å². The maximum Gasteiger partial charge on any atom is 0.573 e. The largest absolute Gasteiger partial charge is 0.573 e. The Hall–Kier alpha value is -2.54. The SMILES string of the molecule is O=C(c1ccc(OC(F)(F)F)cc1)N1CCC(N2CCc3ccccc3C2)C1. The molecule has 4 nitrogen and oxygen atoms in total. The monoisotopic (exact) mass is 390 g/mol. The third-order valence-electron chi connectivity index (χ3n) is 5.46. The average Bonchev–Trinajstić information content (AvgIpc) is 3.16. The minimum atomic E-state index is -4.74. The van der Waals surface area contributed by atoms with Crippen LogP contribution in [-0.4, -0.2) is 47.7 Å². The molecule has 1 unspecified atom stereocenters. The minimum Gasteiger partial charge on any atom is -0.406 e. The quantitative estimate of drug-likeness (QED) is 0.798. The first kappa shape index (κ1) is 18.8. The molecule has 0 spiro atoms. The van der Waals surface area contributed by atoms with Crippen molar-refractivity contribution >= 4 is 5.91 Å². The van der Waals surface area contributed by atoms with Crippen molar-refractivity contribution in [2.75, 3.05) is 19.6 Å². The van der Waals surface area contributed by atoms with Gasteiger partial charge in [-0.2, -0.15) is 0 Å². The van der Waals surface area contributed by atoms with E-state index in [1.807, 2.05) is 0 Å². The lowest BCUT2D eigenvalue weighted by molar-refractivity contribution is -0.274. The van der Waals surface area contributed by atoms with Crippen molar-refractivity contribution in [1.29, 1.82) is 0 Å². The highest BCUT2D eigenvalue weighted by molar-refractivity contribution is 5.94. The van der Waals surface area contributed by atoms with Crippen molar-refractivity contribution in [2.45, 2.75) is 31.8 Å². The van der Waals surface area contributed by atoms with Crippen LogP contribution >= 0.6 is 0 Å². The van der Waals surface area contributed by atoms with Crippen LogP contribution in [0.15, 0.2) is 48.5 Å². The van der Waals surface area contributed by atoms with E-state index in [-0.39, 0.29) is 11.7 Å². The van der Waals surface area contributed by atoms with E-state index in [1.165, 1.54) is 35.4 Å². The summed E-state index contributed by atoms with van der Waals surface area (Å²) in [5, 5.41) is 0. The number of fused-ring (bicyclic) bond motifs is 1. The molecule has 0 N–H and O–H groups in total. The van der Waals surface area contributed by atoms with Crippen molar-refractivity contribution in [1.82, 2.24) is 9.80 Å². The second kappa shape index (κ2) is 7.47. The first-order valence-electron chi connectivity index (χ1n) is 9.35. The molecule has 2 aliphatic rings. The van der Waals surface area contributed by atoms with Crippen LogP contribution in [0.3, 0.4) is 0 Å². The molecule has 2 aromatic rings. The number of hydrogen-bond acceptors (Lipinski definition) is 3. The van der Waals surface area contributed by atoms with Crippen LogP contribution in [0.2, 0.25) is 0 Å². The molecule has 148 valence electrons. The predicted molar refractivity (Wildman–Crippen MR) is 98.0 cm³/mol. The smallest absolute Gasteiger partial charge is 0.406 e. The molecule has 7 heteroatoms. The van der Waals surface area contributed by atoms with Crippen LogP contribution in [0, 0.1) is 0 Å². The molecular formula is C21H21F3N2O2. The Labute approximate surface area is 161 Å². The van der Waals surface area contributed by atoms with Crippen LogP contribution in [0.4, 0.5) is 13.2 Å². The molecule has 4 rings (SSSR count). The van der Waals surface area contributed by atoms with Gasteiger partial charge in [-0.3, -0.25) is 9.69 Å². The third-order valence-corrected chi connectivity index (χ3v) is 5.46. The number of carbonyl (C=O) groups excluding carboxylic acids is 1. The Kier molecular flexibility index (Phi) is 5.02. The molecule has 2 heterocycles. The number of ether oxygens (including phenoxy) is 1. The maximum absolute atomic E-state index is 12.7. The molecule has 1 atom stereocenters. The van der Waals surface area contributed by atoms with Crippen LogP contribution in [0.1, 0.15) is 27.9 Å². The fourth-order valence-electron chi connectivity index (χ4n) is 4.04. The van der Waals surface area contributed by atoms with Gasteiger partial charge in [0.15, 0.2) is 0 Å². The Balaban J connectivity index is 1.37. The molecule has 1 fully saturated rings. The highest BCUT2D eigenvalue weighted by Crippen LogP contribution is 2.26. The summed E-state index contributed by atoms with van der Waals surface area (Å²) in [5.41, 5.74) is 3.11. The molecule has 0 radical (unpaired) electrons. The lowest BCUT2D eigenvalue weighted by Gasteiger charge is -2.33. The normalized spacial score (nSPS) is 20.1. The molecule has 0 bridgehead atoms. The second-order valence-corrected chi connectivity index (χ2v) is 7.26. The number of rotatable bonds is 3. The van der Waals surface area contributed by atoms with E-state index in [2.05, 4.69) is 33.9 Å². The lowest BCUT2D eigenvalue weighted by Crippen LogP contribution is -2.41. The van der Waals surface area contributed by atoms with Crippen LogP contribution in [0.5, 0.6) is 5.75 Å². The van der Waals surface area contributed by atoms with Crippen LogP contribution in [0.25, 0.3) is 0 Å². The zero-order valence-electron chi connectivity index (χ0n) is 15.3. The molecular weight excluding hydrogens is 369 g/mol. The van der Waals surface area contributed by atoms with Crippen molar-refractivity contribution in [3.05, 3.63) is 65.2 Å². The standard InChI is InChI=1S/C21H21F3N2O2/c22-21(23,24)28-19-7-5-16(6-8-19)20(27)26-12-10-18(14-26)25-11-9-15-3-1-2-4-17(15)13-25/h1-8,18H,9-14H2. The number of amides is 1. The number of halogens is 3. The number of alkyl halides is 3. The number of benzene rings is 2. The molecule has 0 saturated carbocycles. The van der Waals surface area contributed by atoms with Gasteiger partial charge in [0.1, 0.15) is 5.75 Å². The van der Waals surface area contributed by atoms with E-state index in [0.29, 0.717) is 24.7 Å². The van der Waals surface area contributed by atoms with Crippen LogP contribution < -0.4 is 4.74 Å². The molecule has 2 aliphatic heterocycles. The second-order valence-electron chi connectivity index (χ2n) is 7.26. The van der Waals surface area contributed by atoms with Gasteiger partial charge in [-0.15, -0.1) is 13.2 Å². The number of likely N-dealkylation sites (tertiary alicyclic amines) is 1. The predicted octanol–water partition coefficient (Wildman–Crippen LogP) is 3.86. The summed E-state index contributed by atoms with van der Waals surface area (Å²) in [4.78, 5) is 16.9. The Morgan fingerprint density at radius 1 is 1.00 bits per heavy atom. The first-order chi connectivity index (χ1) is 13.4. The van der Waals surface area contributed by atoms with Crippen LogP contribution in [-0.2, 0) is 13.0 Å². The fourth-order valence-corrected chi connectivity index (χ4v) is 4.04. The molecule has 0 aliphatic carbocycles. The zero-order valence-corrected chi connectivity index (χ0v) is 15.3. The van der Waals surface area contributed by atoms with E-state index in [9.17, 15) is 18.0 Å². The van der Waals surface area contributed by atoms with E-state index in [4.69, 9.17) is 0 Å². The van der Waals surface area contributed by atoms with Gasteiger partial charge in [-0.1, -0.05) is 24.3 Å².